The van der Waals surface area contributed by atoms with E-state index in [1.54, 1.807) is 4.90 Å². The topological polar surface area (TPSA) is 32.3 Å². The predicted molar refractivity (Wildman–Crippen MR) is 92.0 cm³/mol. The van der Waals surface area contributed by atoms with E-state index in [4.69, 9.17) is 0 Å². The quantitative estimate of drug-likeness (QED) is 0.632. The molecule has 106 valence electrons. The number of benzene rings is 2. The number of nitrogens with zero attached hydrogens (tertiary/aromatic N) is 1. The first kappa shape index (κ1) is 14.2. The van der Waals surface area contributed by atoms with Crippen LogP contribution in [-0.2, 0) is 4.79 Å². The molecule has 1 aliphatic heterocycles. The van der Waals surface area contributed by atoms with Crippen LogP contribution in [0.5, 0.6) is 0 Å². The van der Waals surface area contributed by atoms with Crippen molar-refractivity contribution in [2.75, 3.05) is 4.90 Å². The molecule has 1 N–H and O–H groups in total. The van der Waals surface area contributed by atoms with Gasteiger partial charge in [-0.2, -0.15) is 0 Å². The number of carbonyl (C=O) groups excluding carboxylic acids is 1. The number of nitrogens with one attached hydrogen (secondary N) is 1. The van der Waals surface area contributed by atoms with Gasteiger partial charge in [0.15, 0.2) is 5.50 Å². The third kappa shape index (κ3) is 2.99. The third-order valence-corrected chi connectivity index (χ3v) is 4.08. The van der Waals surface area contributed by atoms with E-state index in [0.717, 1.165) is 15.7 Å². The molecule has 0 aliphatic carbocycles. The van der Waals surface area contributed by atoms with Crippen molar-refractivity contribution in [1.29, 1.82) is 0 Å². The monoisotopic (exact) mass is 360 g/mol. The Bertz CT molecular complexity index is 685. The van der Waals surface area contributed by atoms with Crippen LogP contribution in [0, 0.1) is 0 Å². The van der Waals surface area contributed by atoms with Gasteiger partial charge in [0.2, 0.25) is 0 Å². The molecule has 0 unspecified atom stereocenters. The fourth-order valence-electron chi connectivity index (χ4n) is 2.18. The molecule has 1 saturated heterocycles. The van der Waals surface area contributed by atoms with E-state index in [1.807, 2.05) is 60.7 Å². The van der Waals surface area contributed by atoms with Crippen molar-refractivity contribution in [3.8, 4) is 0 Å². The molecule has 0 saturated carbocycles. The van der Waals surface area contributed by atoms with Crippen LogP contribution in [0.2, 0.25) is 0 Å². The Morgan fingerprint density at radius 1 is 1.10 bits per heavy atom. The summed E-state index contributed by atoms with van der Waals surface area (Å²) in [6.07, 6.45) is 1.83. The average Bonchev–Trinajstić information content (AvgIpc) is 2.77. The summed E-state index contributed by atoms with van der Waals surface area (Å²) in [5.41, 5.74) is 1.97. The van der Waals surface area contributed by atoms with E-state index in [2.05, 4.69) is 33.9 Å². The zero-order valence-electron chi connectivity index (χ0n) is 11.0. The minimum absolute atomic E-state index is 0.0795. The molecule has 5 heteroatoms. The van der Waals surface area contributed by atoms with E-state index in [1.165, 1.54) is 0 Å². The Hall–Kier alpha value is -1.72. The molecule has 0 spiro atoms. The molecule has 1 heterocycles. The van der Waals surface area contributed by atoms with Crippen LogP contribution in [0.25, 0.3) is 6.08 Å². The summed E-state index contributed by atoms with van der Waals surface area (Å²) >= 11 is 7.84. The standard InChI is InChI=1S/C16H13BrN2OS/c17-12-8-6-11(7-9-12)10-14-15(20)19(16(21)18-14)13-4-2-1-3-5-13/h1-10,16,18,21H/b14-10-/t16-/m0/s1. The molecule has 3 nitrogen and oxygen atoms in total. The van der Waals surface area contributed by atoms with Crippen molar-refractivity contribution in [3.63, 3.8) is 0 Å². The fraction of sp³-hybridized carbons (Fsp3) is 0.0625. The van der Waals surface area contributed by atoms with Crippen molar-refractivity contribution >= 4 is 46.2 Å². The molecular formula is C16H13BrN2OS. The maximum absolute atomic E-state index is 12.5. The van der Waals surface area contributed by atoms with Gasteiger partial charge in [0.05, 0.1) is 0 Å². The lowest BCUT2D eigenvalue weighted by Crippen LogP contribution is -2.32. The summed E-state index contributed by atoms with van der Waals surface area (Å²) in [6.45, 7) is 0. The first-order valence-corrected chi connectivity index (χ1v) is 7.76. The van der Waals surface area contributed by atoms with Gasteiger partial charge < -0.3 is 5.32 Å². The number of amides is 1. The van der Waals surface area contributed by atoms with Gasteiger partial charge in [0.1, 0.15) is 5.70 Å². The highest BCUT2D eigenvalue weighted by molar-refractivity contribution is 9.10. The predicted octanol–water partition coefficient (Wildman–Crippen LogP) is 3.64. The minimum Gasteiger partial charge on any atom is -0.352 e. The van der Waals surface area contributed by atoms with E-state index >= 15 is 0 Å². The number of anilines is 1. The molecule has 2 aromatic rings. The number of halogens is 1. The Morgan fingerprint density at radius 3 is 2.43 bits per heavy atom. The van der Waals surface area contributed by atoms with Crippen LogP contribution in [-0.4, -0.2) is 11.4 Å². The molecule has 2 aromatic carbocycles. The second-order valence-corrected chi connectivity index (χ2v) is 6.04. The first-order valence-electron chi connectivity index (χ1n) is 6.45. The van der Waals surface area contributed by atoms with Crippen molar-refractivity contribution in [3.05, 3.63) is 70.3 Å². The number of carbonyl (C=O) groups is 1. The summed E-state index contributed by atoms with van der Waals surface area (Å²) in [5.74, 6) is -0.0795. The Balaban J connectivity index is 1.90. The Labute approximate surface area is 137 Å². The number of hydrogen-bond donors (Lipinski definition) is 2. The molecule has 3 rings (SSSR count). The van der Waals surface area contributed by atoms with Crippen LogP contribution in [0.3, 0.4) is 0 Å². The minimum atomic E-state index is -0.360. The molecule has 1 amide bonds. The normalized spacial score (nSPS) is 19.9. The van der Waals surface area contributed by atoms with Gasteiger partial charge in [-0.15, -0.1) is 12.6 Å². The molecule has 0 bridgehead atoms. The highest BCUT2D eigenvalue weighted by Crippen LogP contribution is 2.26. The lowest BCUT2D eigenvalue weighted by atomic mass is 10.2. The number of rotatable bonds is 2. The average molecular weight is 361 g/mol. The van der Waals surface area contributed by atoms with E-state index in [-0.39, 0.29) is 11.4 Å². The Morgan fingerprint density at radius 2 is 1.76 bits per heavy atom. The molecule has 0 aromatic heterocycles. The lowest BCUT2D eigenvalue weighted by Gasteiger charge is -2.19. The highest BCUT2D eigenvalue weighted by Gasteiger charge is 2.33. The van der Waals surface area contributed by atoms with E-state index < -0.39 is 0 Å². The van der Waals surface area contributed by atoms with Gasteiger partial charge in [-0.3, -0.25) is 9.69 Å². The highest BCUT2D eigenvalue weighted by atomic mass is 79.9. The van der Waals surface area contributed by atoms with Gasteiger partial charge in [-0.05, 0) is 35.9 Å². The van der Waals surface area contributed by atoms with Crippen LogP contribution in [0.15, 0.2) is 64.8 Å². The lowest BCUT2D eigenvalue weighted by molar-refractivity contribution is -0.114. The molecule has 1 fully saturated rings. The van der Waals surface area contributed by atoms with E-state index in [0.29, 0.717) is 5.70 Å². The van der Waals surface area contributed by atoms with Crippen LogP contribution in [0.1, 0.15) is 5.56 Å². The second-order valence-electron chi connectivity index (χ2n) is 4.64. The molecule has 0 radical (unpaired) electrons. The summed E-state index contributed by atoms with van der Waals surface area (Å²) in [5, 5.41) is 3.11. The van der Waals surface area contributed by atoms with Gasteiger partial charge in [-0.1, -0.05) is 46.3 Å². The second kappa shape index (κ2) is 5.95. The maximum atomic E-state index is 12.5. The molecule has 1 aliphatic rings. The zero-order chi connectivity index (χ0) is 14.8. The van der Waals surface area contributed by atoms with Crippen molar-refractivity contribution in [1.82, 2.24) is 5.32 Å². The van der Waals surface area contributed by atoms with Crippen LogP contribution in [0.4, 0.5) is 5.69 Å². The Kier molecular flexibility index (Phi) is 4.03. The van der Waals surface area contributed by atoms with Crippen LogP contribution < -0.4 is 10.2 Å². The van der Waals surface area contributed by atoms with Crippen molar-refractivity contribution in [2.45, 2.75) is 5.50 Å². The fourth-order valence-corrected chi connectivity index (χ4v) is 2.82. The SMILES string of the molecule is O=C1/C(=C/c2ccc(Br)cc2)N[C@H](S)N1c1ccccc1. The van der Waals surface area contributed by atoms with Crippen LogP contribution >= 0.6 is 28.6 Å². The van der Waals surface area contributed by atoms with Gasteiger partial charge in [0, 0.05) is 10.2 Å². The molecular weight excluding hydrogens is 348 g/mol. The summed E-state index contributed by atoms with van der Waals surface area (Å²) < 4.78 is 1.01. The van der Waals surface area contributed by atoms with E-state index in [9.17, 15) is 4.79 Å². The zero-order valence-corrected chi connectivity index (χ0v) is 13.5. The summed E-state index contributed by atoms with van der Waals surface area (Å²) in [6, 6.07) is 17.3. The number of thiol groups is 1. The van der Waals surface area contributed by atoms with Gasteiger partial charge in [-0.25, -0.2) is 0 Å². The van der Waals surface area contributed by atoms with Crippen molar-refractivity contribution < 1.29 is 4.79 Å². The van der Waals surface area contributed by atoms with Gasteiger partial charge in [0.25, 0.3) is 5.91 Å². The van der Waals surface area contributed by atoms with Gasteiger partial charge >= 0.3 is 0 Å². The largest absolute Gasteiger partial charge is 0.352 e. The first-order chi connectivity index (χ1) is 10.1. The maximum Gasteiger partial charge on any atom is 0.276 e. The summed E-state index contributed by atoms with van der Waals surface area (Å²) in [4.78, 5) is 14.2. The number of hydrogen-bond acceptors (Lipinski definition) is 3. The summed E-state index contributed by atoms with van der Waals surface area (Å²) in [7, 11) is 0. The molecule has 1 atom stereocenters. The molecule has 21 heavy (non-hydrogen) atoms. The third-order valence-electron chi connectivity index (χ3n) is 3.19. The van der Waals surface area contributed by atoms with Crippen molar-refractivity contribution in [2.24, 2.45) is 0 Å². The number of para-hydroxylation sites is 1. The smallest absolute Gasteiger partial charge is 0.276 e.